The van der Waals surface area contributed by atoms with Crippen LogP contribution < -0.4 is 5.32 Å². The van der Waals surface area contributed by atoms with Gasteiger partial charge in [0.15, 0.2) is 11.6 Å². The maximum atomic E-state index is 11.9. The molecule has 0 aliphatic carbocycles. The molecule has 21 heavy (non-hydrogen) atoms. The number of aromatic nitrogens is 4. The fourth-order valence-corrected chi connectivity index (χ4v) is 1.85. The lowest BCUT2D eigenvalue weighted by Gasteiger charge is -2.05. The van der Waals surface area contributed by atoms with Gasteiger partial charge in [-0.05, 0) is 24.6 Å². The number of furan rings is 1. The van der Waals surface area contributed by atoms with E-state index in [1.54, 1.807) is 23.3 Å². The lowest BCUT2D eigenvalue weighted by Crippen LogP contribution is -2.23. The summed E-state index contributed by atoms with van der Waals surface area (Å²) in [5.41, 5.74) is 1.70. The Balaban J connectivity index is 1.64. The Bertz CT molecular complexity index is 731. The van der Waals surface area contributed by atoms with E-state index in [9.17, 15) is 4.79 Å². The van der Waals surface area contributed by atoms with Crippen molar-refractivity contribution in [2.75, 3.05) is 0 Å². The van der Waals surface area contributed by atoms with Crippen molar-refractivity contribution in [3.05, 3.63) is 60.2 Å². The first-order chi connectivity index (χ1) is 10.2. The first-order valence-corrected chi connectivity index (χ1v) is 6.36. The van der Waals surface area contributed by atoms with Gasteiger partial charge in [-0.1, -0.05) is 6.07 Å². The summed E-state index contributed by atoms with van der Waals surface area (Å²) in [4.78, 5) is 20.0. The third kappa shape index (κ3) is 2.81. The highest BCUT2D eigenvalue weighted by Gasteiger charge is 2.11. The molecule has 3 aromatic rings. The first-order valence-electron chi connectivity index (χ1n) is 6.36. The summed E-state index contributed by atoms with van der Waals surface area (Å²) in [5, 5.41) is 6.78. The Labute approximate surface area is 120 Å². The van der Waals surface area contributed by atoms with Crippen LogP contribution in [0.25, 0.3) is 5.82 Å². The van der Waals surface area contributed by atoms with Gasteiger partial charge in [0, 0.05) is 18.3 Å². The second kappa shape index (κ2) is 5.58. The number of carbonyl (C=O) groups is 1. The molecule has 3 rings (SSSR count). The molecule has 106 valence electrons. The lowest BCUT2D eigenvalue weighted by atomic mass is 10.2. The fourth-order valence-electron chi connectivity index (χ4n) is 1.85. The Morgan fingerprint density at radius 2 is 2.29 bits per heavy atom. The molecule has 0 bridgehead atoms. The average molecular weight is 283 g/mol. The third-order valence-corrected chi connectivity index (χ3v) is 2.98. The molecule has 0 radical (unpaired) electrons. The molecule has 0 saturated heterocycles. The van der Waals surface area contributed by atoms with Gasteiger partial charge in [0.25, 0.3) is 5.91 Å². The summed E-state index contributed by atoms with van der Waals surface area (Å²) < 4.78 is 6.70. The SMILES string of the molecule is Cc1ccoc1C(=O)NCc1ccc(-n2cncn2)nc1. The van der Waals surface area contributed by atoms with Crippen LogP contribution in [0.4, 0.5) is 0 Å². The average Bonchev–Trinajstić information content (AvgIpc) is 3.16. The number of rotatable bonds is 4. The molecule has 0 fully saturated rings. The van der Waals surface area contributed by atoms with E-state index in [4.69, 9.17) is 4.42 Å². The summed E-state index contributed by atoms with van der Waals surface area (Å²) >= 11 is 0. The summed E-state index contributed by atoms with van der Waals surface area (Å²) in [6.07, 6.45) is 6.20. The van der Waals surface area contributed by atoms with E-state index >= 15 is 0 Å². The van der Waals surface area contributed by atoms with Crippen LogP contribution in [0.5, 0.6) is 0 Å². The third-order valence-electron chi connectivity index (χ3n) is 2.98. The van der Waals surface area contributed by atoms with Gasteiger partial charge in [-0.15, -0.1) is 0 Å². The van der Waals surface area contributed by atoms with Crippen LogP contribution in [-0.2, 0) is 6.54 Å². The smallest absolute Gasteiger partial charge is 0.287 e. The zero-order chi connectivity index (χ0) is 14.7. The molecular weight excluding hydrogens is 270 g/mol. The van der Waals surface area contributed by atoms with E-state index < -0.39 is 0 Å². The minimum absolute atomic E-state index is 0.238. The van der Waals surface area contributed by atoms with Crippen LogP contribution in [0.3, 0.4) is 0 Å². The highest BCUT2D eigenvalue weighted by atomic mass is 16.3. The molecule has 1 amide bonds. The fraction of sp³-hybridized carbons (Fsp3) is 0.143. The predicted molar refractivity (Wildman–Crippen MR) is 73.8 cm³/mol. The summed E-state index contributed by atoms with van der Waals surface area (Å²) in [7, 11) is 0. The monoisotopic (exact) mass is 283 g/mol. The second-order valence-electron chi connectivity index (χ2n) is 4.48. The van der Waals surface area contributed by atoms with Crippen LogP contribution in [0.2, 0.25) is 0 Å². The van der Waals surface area contributed by atoms with E-state index in [1.807, 2.05) is 19.1 Å². The largest absolute Gasteiger partial charge is 0.459 e. The molecule has 0 aromatic carbocycles. The summed E-state index contributed by atoms with van der Waals surface area (Å²) in [5.74, 6) is 0.768. The van der Waals surface area contributed by atoms with Crippen LogP contribution in [-0.4, -0.2) is 25.7 Å². The standard InChI is InChI=1S/C14H13N5O2/c1-10-4-5-21-13(10)14(20)17-7-11-2-3-12(16-6-11)19-9-15-8-18-19/h2-6,8-9H,7H2,1H3,(H,17,20). The van der Waals surface area contributed by atoms with Gasteiger partial charge < -0.3 is 9.73 Å². The Kier molecular flexibility index (Phi) is 3.46. The van der Waals surface area contributed by atoms with Gasteiger partial charge in [0.05, 0.1) is 6.26 Å². The van der Waals surface area contributed by atoms with Crippen LogP contribution in [0.1, 0.15) is 21.7 Å². The first kappa shape index (κ1) is 13.0. The molecule has 0 aliphatic heterocycles. The highest BCUT2D eigenvalue weighted by molar-refractivity contribution is 5.92. The normalized spacial score (nSPS) is 10.5. The molecule has 7 heteroatoms. The molecule has 0 aliphatic rings. The number of aryl methyl sites for hydroxylation is 1. The van der Waals surface area contributed by atoms with Crippen molar-refractivity contribution in [3.63, 3.8) is 0 Å². The van der Waals surface area contributed by atoms with Crippen LogP contribution in [0.15, 0.2) is 47.7 Å². The molecule has 0 atom stereocenters. The summed E-state index contributed by atoms with van der Waals surface area (Å²) in [6.45, 7) is 2.20. The minimum Gasteiger partial charge on any atom is -0.459 e. The number of nitrogens with zero attached hydrogens (tertiary/aromatic N) is 4. The van der Waals surface area contributed by atoms with Crippen molar-refractivity contribution in [2.45, 2.75) is 13.5 Å². The summed E-state index contributed by atoms with van der Waals surface area (Å²) in [6, 6.07) is 5.44. The van der Waals surface area contributed by atoms with E-state index in [1.165, 1.54) is 12.6 Å². The Morgan fingerprint density at radius 1 is 1.38 bits per heavy atom. The number of hydrogen-bond acceptors (Lipinski definition) is 5. The minimum atomic E-state index is -0.238. The van der Waals surface area contributed by atoms with E-state index in [0.717, 1.165) is 11.1 Å². The predicted octanol–water partition coefficient (Wildman–Crippen LogP) is 1.49. The van der Waals surface area contributed by atoms with Crippen LogP contribution >= 0.6 is 0 Å². The zero-order valence-corrected chi connectivity index (χ0v) is 11.4. The number of hydrogen-bond donors (Lipinski definition) is 1. The van der Waals surface area contributed by atoms with Gasteiger partial charge in [-0.2, -0.15) is 5.10 Å². The van der Waals surface area contributed by atoms with Gasteiger partial charge in [0.2, 0.25) is 0 Å². The molecular formula is C14H13N5O2. The molecule has 3 heterocycles. The van der Waals surface area contributed by atoms with E-state index in [0.29, 0.717) is 18.1 Å². The molecule has 7 nitrogen and oxygen atoms in total. The number of pyridine rings is 1. The number of amides is 1. The van der Waals surface area contributed by atoms with Crippen LogP contribution in [0, 0.1) is 6.92 Å². The van der Waals surface area contributed by atoms with Gasteiger partial charge in [-0.3, -0.25) is 4.79 Å². The topological polar surface area (TPSA) is 85.8 Å². The van der Waals surface area contributed by atoms with E-state index in [-0.39, 0.29) is 5.91 Å². The van der Waals surface area contributed by atoms with Crippen molar-refractivity contribution in [3.8, 4) is 5.82 Å². The van der Waals surface area contributed by atoms with Gasteiger partial charge in [-0.25, -0.2) is 14.6 Å². The van der Waals surface area contributed by atoms with Gasteiger partial charge >= 0.3 is 0 Å². The molecule has 0 unspecified atom stereocenters. The molecule has 1 N–H and O–H groups in total. The molecule has 0 saturated carbocycles. The van der Waals surface area contributed by atoms with E-state index in [2.05, 4.69) is 20.4 Å². The quantitative estimate of drug-likeness (QED) is 0.784. The number of nitrogens with one attached hydrogen (secondary N) is 1. The van der Waals surface area contributed by atoms with Crippen molar-refractivity contribution in [1.29, 1.82) is 0 Å². The van der Waals surface area contributed by atoms with Crippen molar-refractivity contribution in [2.24, 2.45) is 0 Å². The Morgan fingerprint density at radius 3 is 2.90 bits per heavy atom. The highest BCUT2D eigenvalue weighted by Crippen LogP contribution is 2.09. The van der Waals surface area contributed by atoms with Crippen molar-refractivity contribution < 1.29 is 9.21 Å². The van der Waals surface area contributed by atoms with Crippen molar-refractivity contribution in [1.82, 2.24) is 25.1 Å². The molecule has 3 aromatic heterocycles. The zero-order valence-electron chi connectivity index (χ0n) is 11.4. The van der Waals surface area contributed by atoms with Gasteiger partial charge in [0.1, 0.15) is 12.7 Å². The Hall–Kier alpha value is -2.96. The number of carbonyl (C=O) groups excluding carboxylic acids is 1. The molecule has 0 spiro atoms. The van der Waals surface area contributed by atoms with Crippen molar-refractivity contribution >= 4 is 5.91 Å². The maximum absolute atomic E-state index is 11.9. The maximum Gasteiger partial charge on any atom is 0.287 e. The lowest BCUT2D eigenvalue weighted by molar-refractivity contribution is 0.0922. The second-order valence-corrected chi connectivity index (χ2v) is 4.48.